The summed E-state index contributed by atoms with van der Waals surface area (Å²) in [4.78, 5) is 11.3. The van der Waals surface area contributed by atoms with Crippen molar-refractivity contribution in [3.8, 4) is 0 Å². The molecule has 8 heteroatoms. The smallest absolute Gasteiger partial charge is 0.178 e. The minimum atomic E-state index is 0.294. The lowest BCUT2D eigenvalue weighted by Crippen LogP contribution is -2.36. The summed E-state index contributed by atoms with van der Waals surface area (Å²) in [5, 5.41) is 7.77. The van der Waals surface area contributed by atoms with Crippen LogP contribution in [-0.4, -0.2) is 51.9 Å². The highest BCUT2D eigenvalue weighted by Crippen LogP contribution is 2.35. The lowest BCUT2D eigenvalue weighted by atomic mass is 9.99. The van der Waals surface area contributed by atoms with Crippen LogP contribution in [0.25, 0.3) is 5.65 Å². The number of fused-ring (bicyclic) bond motifs is 1. The fourth-order valence-electron chi connectivity index (χ4n) is 4.19. The van der Waals surface area contributed by atoms with Gasteiger partial charge in [-0.25, -0.2) is 14.5 Å². The van der Waals surface area contributed by atoms with Crippen molar-refractivity contribution in [2.24, 2.45) is 5.73 Å². The predicted molar refractivity (Wildman–Crippen MR) is 108 cm³/mol. The van der Waals surface area contributed by atoms with Crippen molar-refractivity contribution in [1.82, 2.24) is 19.6 Å². The third-order valence-corrected chi connectivity index (χ3v) is 5.73. The zero-order chi connectivity index (χ0) is 18.9. The summed E-state index contributed by atoms with van der Waals surface area (Å²) in [6.07, 6.45) is 8.78. The average molecular weight is 379 g/mol. The summed E-state index contributed by atoms with van der Waals surface area (Å²) in [5.74, 6) is 1.27. The van der Waals surface area contributed by atoms with Crippen LogP contribution in [0, 0.1) is 0 Å². The van der Waals surface area contributed by atoms with Gasteiger partial charge in [-0.3, -0.25) is 0 Å². The molecule has 1 saturated carbocycles. The second-order valence-corrected chi connectivity index (χ2v) is 7.61. The van der Waals surface area contributed by atoms with E-state index in [1.54, 1.807) is 6.33 Å². The van der Waals surface area contributed by atoms with Gasteiger partial charge in [0.05, 0.1) is 30.8 Å². The van der Waals surface area contributed by atoms with Gasteiger partial charge in [-0.1, -0.05) is 0 Å². The van der Waals surface area contributed by atoms with E-state index in [-0.39, 0.29) is 0 Å². The van der Waals surface area contributed by atoms with E-state index >= 15 is 0 Å². The molecular formula is C20H25N7O. The van der Waals surface area contributed by atoms with Crippen LogP contribution in [0.2, 0.25) is 0 Å². The number of hydrogen-bond donors (Lipinski definition) is 2. The van der Waals surface area contributed by atoms with E-state index in [1.807, 2.05) is 16.8 Å². The van der Waals surface area contributed by atoms with Crippen molar-refractivity contribution < 1.29 is 4.74 Å². The van der Waals surface area contributed by atoms with Gasteiger partial charge in [0.1, 0.15) is 12.1 Å². The van der Waals surface area contributed by atoms with Crippen LogP contribution >= 0.6 is 0 Å². The molecule has 2 atom stereocenters. The molecule has 0 aromatic carbocycles. The molecule has 8 nitrogen and oxygen atoms in total. The molecule has 4 heterocycles. The Morgan fingerprint density at radius 3 is 2.79 bits per heavy atom. The van der Waals surface area contributed by atoms with Gasteiger partial charge >= 0.3 is 0 Å². The number of nitrogens with one attached hydrogen (secondary N) is 1. The van der Waals surface area contributed by atoms with Crippen molar-refractivity contribution in [2.75, 3.05) is 36.5 Å². The first kappa shape index (κ1) is 17.4. The molecule has 1 aliphatic heterocycles. The standard InChI is InChI=1S/C20H25N7O/c21-16-2-1-14(9-16)15-10-18(20-23-13-24-27(20)12-15)25-19-4-3-17(11-22-19)26-5-7-28-8-6-26/h3-4,10-14,16H,1-2,5-9,21H2,(H,22,25). The second-order valence-electron chi connectivity index (χ2n) is 7.61. The van der Waals surface area contributed by atoms with Gasteiger partial charge in [0.15, 0.2) is 5.65 Å². The fourth-order valence-corrected chi connectivity index (χ4v) is 4.19. The third kappa shape index (κ3) is 3.41. The average Bonchev–Trinajstić information content (AvgIpc) is 3.38. The molecule has 28 heavy (non-hydrogen) atoms. The summed E-state index contributed by atoms with van der Waals surface area (Å²) in [7, 11) is 0. The van der Waals surface area contributed by atoms with Crippen LogP contribution in [0.15, 0.2) is 36.9 Å². The van der Waals surface area contributed by atoms with E-state index in [0.717, 1.165) is 68.4 Å². The number of rotatable bonds is 4. The molecule has 0 amide bonds. The van der Waals surface area contributed by atoms with Crippen LogP contribution in [0.3, 0.4) is 0 Å². The van der Waals surface area contributed by atoms with E-state index in [4.69, 9.17) is 10.5 Å². The first-order valence-corrected chi connectivity index (χ1v) is 9.91. The molecule has 2 unspecified atom stereocenters. The Labute approximate surface area is 163 Å². The summed E-state index contributed by atoms with van der Waals surface area (Å²) >= 11 is 0. The van der Waals surface area contributed by atoms with Crippen LogP contribution in [0.1, 0.15) is 30.7 Å². The zero-order valence-electron chi connectivity index (χ0n) is 15.8. The Bertz CT molecular complexity index is 949. The van der Waals surface area contributed by atoms with Crippen molar-refractivity contribution in [3.05, 3.63) is 42.5 Å². The largest absolute Gasteiger partial charge is 0.378 e. The second kappa shape index (κ2) is 7.37. The van der Waals surface area contributed by atoms with Gasteiger partial charge < -0.3 is 20.7 Å². The highest BCUT2D eigenvalue weighted by molar-refractivity contribution is 5.73. The van der Waals surface area contributed by atoms with Crippen molar-refractivity contribution in [3.63, 3.8) is 0 Å². The molecule has 0 radical (unpaired) electrons. The number of pyridine rings is 2. The summed E-state index contributed by atoms with van der Waals surface area (Å²) in [6.45, 7) is 3.34. The van der Waals surface area contributed by atoms with Gasteiger partial charge in [0.2, 0.25) is 0 Å². The highest BCUT2D eigenvalue weighted by Gasteiger charge is 2.24. The van der Waals surface area contributed by atoms with E-state index < -0.39 is 0 Å². The van der Waals surface area contributed by atoms with Crippen molar-refractivity contribution in [2.45, 2.75) is 31.2 Å². The zero-order valence-corrected chi connectivity index (χ0v) is 15.8. The predicted octanol–water partition coefficient (Wildman–Crippen LogP) is 2.30. The number of anilines is 3. The fraction of sp³-hybridized carbons (Fsp3) is 0.450. The lowest BCUT2D eigenvalue weighted by molar-refractivity contribution is 0.122. The van der Waals surface area contributed by atoms with Gasteiger partial charge in [-0.2, -0.15) is 5.10 Å². The molecule has 2 aliphatic rings. The lowest BCUT2D eigenvalue weighted by Gasteiger charge is -2.28. The van der Waals surface area contributed by atoms with Gasteiger partial charge in [0, 0.05) is 25.3 Å². The Kier molecular flexibility index (Phi) is 4.58. The molecule has 3 N–H and O–H groups in total. The first-order chi connectivity index (χ1) is 13.8. The number of nitrogens with zero attached hydrogens (tertiary/aromatic N) is 5. The van der Waals surface area contributed by atoms with Crippen molar-refractivity contribution >= 4 is 22.8 Å². The van der Waals surface area contributed by atoms with Gasteiger partial charge in [0.25, 0.3) is 0 Å². The Balaban J connectivity index is 1.40. The van der Waals surface area contributed by atoms with E-state index in [9.17, 15) is 0 Å². The Hall–Kier alpha value is -2.71. The summed E-state index contributed by atoms with van der Waals surface area (Å²) < 4.78 is 7.26. The topological polar surface area (TPSA) is 93.6 Å². The molecule has 0 bridgehead atoms. The molecule has 0 spiro atoms. The van der Waals surface area contributed by atoms with E-state index in [2.05, 4.69) is 43.6 Å². The van der Waals surface area contributed by atoms with Gasteiger partial charge in [-0.15, -0.1) is 0 Å². The third-order valence-electron chi connectivity index (χ3n) is 5.73. The quantitative estimate of drug-likeness (QED) is 0.718. The molecule has 2 fully saturated rings. The molecule has 3 aromatic heterocycles. The number of morpholine rings is 1. The van der Waals surface area contributed by atoms with E-state index in [0.29, 0.717) is 12.0 Å². The van der Waals surface area contributed by atoms with Crippen molar-refractivity contribution in [1.29, 1.82) is 0 Å². The van der Waals surface area contributed by atoms with Gasteiger partial charge in [-0.05, 0) is 48.9 Å². The van der Waals surface area contributed by atoms with Crippen LogP contribution in [0.4, 0.5) is 17.2 Å². The number of aromatic nitrogens is 4. The van der Waals surface area contributed by atoms with E-state index in [1.165, 1.54) is 5.56 Å². The summed E-state index contributed by atoms with van der Waals surface area (Å²) in [5.41, 5.74) is 10.2. The maximum atomic E-state index is 6.12. The monoisotopic (exact) mass is 379 g/mol. The Morgan fingerprint density at radius 1 is 1.14 bits per heavy atom. The first-order valence-electron chi connectivity index (χ1n) is 9.91. The molecule has 1 saturated heterocycles. The van der Waals surface area contributed by atoms with Crippen LogP contribution < -0.4 is 16.0 Å². The maximum absolute atomic E-state index is 6.12. The minimum absolute atomic E-state index is 0.294. The Morgan fingerprint density at radius 2 is 2.04 bits per heavy atom. The summed E-state index contributed by atoms with van der Waals surface area (Å²) in [6, 6.07) is 6.57. The molecule has 1 aliphatic carbocycles. The van der Waals surface area contributed by atoms with Crippen LogP contribution in [0.5, 0.6) is 0 Å². The molecule has 3 aromatic rings. The molecular weight excluding hydrogens is 354 g/mol. The number of nitrogens with two attached hydrogens (primary N) is 1. The SMILES string of the molecule is NC1CCC(c2cc(Nc3ccc(N4CCOCC4)cn3)c3ncnn3c2)C1. The van der Waals surface area contributed by atoms with Crippen LogP contribution in [-0.2, 0) is 4.74 Å². The number of ether oxygens (including phenoxy) is 1. The number of hydrogen-bond acceptors (Lipinski definition) is 7. The molecule has 146 valence electrons. The maximum Gasteiger partial charge on any atom is 0.178 e. The minimum Gasteiger partial charge on any atom is -0.378 e. The normalized spacial score (nSPS) is 22.7. The molecule has 5 rings (SSSR count). The highest BCUT2D eigenvalue weighted by atomic mass is 16.5.